The molecular formula is C26H28F3N5O4S. The number of aliphatic hydroxyl groups is 1. The van der Waals surface area contributed by atoms with Gasteiger partial charge in [-0.3, -0.25) is 9.78 Å². The molecule has 1 aromatic carbocycles. The van der Waals surface area contributed by atoms with Crippen molar-refractivity contribution in [3.8, 4) is 0 Å². The number of nitrogens with one attached hydrogen (secondary N) is 1. The Kier molecular flexibility index (Phi) is 7.94. The van der Waals surface area contributed by atoms with Gasteiger partial charge in [0.05, 0.1) is 34.6 Å². The smallest absolute Gasteiger partial charge is 0.392 e. The second-order valence-electron chi connectivity index (χ2n) is 9.51. The number of aromatic nitrogens is 3. The van der Waals surface area contributed by atoms with Gasteiger partial charge in [0.15, 0.2) is 15.5 Å². The molecule has 3 aromatic rings. The Morgan fingerprint density at radius 2 is 1.87 bits per heavy atom. The van der Waals surface area contributed by atoms with Gasteiger partial charge >= 0.3 is 6.18 Å². The fourth-order valence-electron chi connectivity index (χ4n) is 4.50. The van der Waals surface area contributed by atoms with E-state index in [1.165, 1.54) is 18.3 Å². The van der Waals surface area contributed by atoms with Gasteiger partial charge in [0.25, 0.3) is 5.91 Å². The molecule has 1 aliphatic heterocycles. The zero-order valence-corrected chi connectivity index (χ0v) is 22.3. The Bertz CT molecular complexity index is 1480. The topological polar surface area (TPSA) is 125 Å². The molecule has 0 aliphatic carbocycles. The van der Waals surface area contributed by atoms with Crippen molar-refractivity contribution in [2.45, 2.75) is 57.6 Å². The summed E-state index contributed by atoms with van der Waals surface area (Å²) >= 11 is 0. The minimum atomic E-state index is -4.76. The highest BCUT2D eigenvalue weighted by atomic mass is 32.2. The molecule has 0 radical (unpaired) electrons. The summed E-state index contributed by atoms with van der Waals surface area (Å²) in [6.07, 6.45) is -2.37. The number of hydrogen-bond acceptors (Lipinski definition) is 8. The first-order chi connectivity index (χ1) is 18.4. The van der Waals surface area contributed by atoms with Crippen LogP contribution in [0.15, 0.2) is 47.6 Å². The number of aliphatic hydroxyl groups excluding tert-OH is 1. The number of anilines is 1. The normalized spacial score (nSPS) is 15.5. The quantitative estimate of drug-likeness (QED) is 0.424. The molecular weight excluding hydrogens is 535 g/mol. The molecule has 2 aromatic heterocycles. The number of carbonyl (C=O) groups excluding carboxylic acids is 1. The lowest BCUT2D eigenvalue weighted by molar-refractivity contribution is -0.142. The third-order valence-electron chi connectivity index (χ3n) is 6.51. The van der Waals surface area contributed by atoms with Crippen molar-refractivity contribution < 1.29 is 31.5 Å². The van der Waals surface area contributed by atoms with E-state index in [0.717, 1.165) is 6.20 Å². The summed E-state index contributed by atoms with van der Waals surface area (Å²) in [5.41, 5.74) is 0.666. The molecule has 0 saturated carbocycles. The van der Waals surface area contributed by atoms with E-state index in [4.69, 9.17) is 0 Å². The van der Waals surface area contributed by atoms with E-state index in [0.29, 0.717) is 16.8 Å². The molecule has 0 spiro atoms. The average Bonchev–Trinajstić information content (AvgIpc) is 3.30. The molecule has 0 fully saturated rings. The molecule has 0 saturated heterocycles. The summed E-state index contributed by atoms with van der Waals surface area (Å²) < 4.78 is 64.6. The highest BCUT2D eigenvalue weighted by Crippen LogP contribution is 2.40. The van der Waals surface area contributed by atoms with Gasteiger partial charge in [0, 0.05) is 31.0 Å². The summed E-state index contributed by atoms with van der Waals surface area (Å²) in [5.74, 6) is -0.616. The third-order valence-corrected chi connectivity index (χ3v) is 8.27. The van der Waals surface area contributed by atoms with Gasteiger partial charge in [0.2, 0.25) is 5.95 Å². The SMILES string of the molecule is CCS(=O)(=O)c1ccc(CNC(=O)c2cnc3c(c2)CN(c2ncc(CO)c(C(F)(F)F)n2)C3C(C)C)cc1. The molecule has 208 valence electrons. The van der Waals surface area contributed by atoms with Crippen molar-refractivity contribution >= 4 is 21.7 Å². The number of nitrogens with zero attached hydrogens (tertiary/aromatic N) is 4. The van der Waals surface area contributed by atoms with Crippen LogP contribution in [0.4, 0.5) is 19.1 Å². The molecule has 1 unspecified atom stereocenters. The predicted octanol–water partition coefficient (Wildman–Crippen LogP) is 3.82. The average molecular weight is 564 g/mol. The maximum atomic E-state index is 13.5. The minimum Gasteiger partial charge on any atom is -0.392 e. The van der Waals surface area contributed by atoms with Crippen LogP contribution in [-0.4, -0.2) is 40.1 Å². The lowest BCUT2D eigenvalue weighted by Gasteiger charge is -2.28. The number of halogens is 3. The largest absolute Gasteiger partial charge is 0.433 e. The van der Waals surface area contributed by atoms with Crippen LogP contribution in [0, 0.1) is 5.92 Å². The first-order valence-corrected chi connectivity index (χ1v) is 13.9. The molecule has 1 amide bonds. The summed E-state index contributed by atoms with van der Waals surface area (Å²) in [6, 6.07) is 7.49. The van der Waals surface area contributed by atoms with Crippen LogP contribution in [0.3, 0.4) is 0 Å². The van der Waals surface area contributed by atoms with Crippen LogP contribution in [0.1, 0.15) is 65.2 Å². The van der Waals surface area contributed by atoms with E-state index in [1.807, 2.05) is 13.8 Å². The molecule has 3 heterocycles. The van der Waals surface area contributed by atoms with Gasteiger partial charge in [-0.2, -0.15) is 13.2 Å². The first kappa shape index (κ1) is 28.4. The van der Waals surface area contributed by atoms with Gasteiger partial charge in [-0.05, 0) is 35.2 Å². The number of alkyl halides is 3. The van der Waals surface area contributed by atoms with Crippen LogP contribution in [0.5, 0.6) is 0 Å². The van der Waals surface area contributed by atoms with Crippen molar-refractivity contribution in [2.24, 2.45) is 5.92 Å². The number of sulfone groups is 1. The number of carbonyl (C=O) groups is 1. The Balaban J connectivity index is 1.54. The zero-order chi connectivity index (χ0) is 28.5. The van der Waals surface area contributed by atoms with Crippen LogP contribution < -0.4 is 10.2 Å². The van der Waals surface area contributed by atoms with Crippen LogP contribution >= 0.6 is 0 Å². The Morgan fingerprint density at radius 3 is 2.46 bits per heavy atom. The van der Waals surface area contributed by atoms with E-state index >= 15 is 0 Å². The van der Waals surface area contributed by atoms with Gasteiger partial charge in [-0.1, -0.05) is 32.9 Å². The lowest BCUT2D eigenvalue weighted by Crippen LogP contribution is -2.28. The fraction of sp³-hybridized carbons (Fsp3) is 0.385. The van der Waals surface area contributed by atoms with Crippen molar-refractivity contribution in [3.05, 3.63) is 76.4 Å². The highest BCUT2D eigenvalue weighted by Gasteiger charge is 2.40. The second kappa shape index (κ2) is 10.9. The molecule has 13 heteroatoms. The Morgan fingerprint density at radius 1 is 1.18 bits per heavy atom. The number of rotatable bonds is 8. The number of benzene rings is 1. The highest BCUT2D eigenvalue weighted by molar-refractivity contribution is 7.91. The third kappa shape index (κ3) is 5.88. The van der Waals surface area contributed by atoms with Gasteiger partial charge in [-0.25, -0.2) is 18.4 Å². The van der Waals surface area contributed by atoms with Crippen LogP contribution in [0.25, 0.3) is 0 Å². The van der Waals surface area contributed by atoms with E-state index in [2.05, 4.69) is 20.3 Å². The second-order valence-corrected chi connectivity index (χ2v) is 11.8. The first-order valence-electron chi connectivity index (χ1n) is 12.2. The molecule has 2 N–H and O–H groups in total. The molecule has 39 heavy (non-hydrogen) atoms. The number of hydrogen-bond donors (Lipinski definition) is 2. The van der Waals surface area contributed by atoms with Crippen molar-refractivity contribution in [1.82, 2.24) is 20.3 Å². The van der Waals surface area contributed by atoms with E-state index in [-0.39, 0.29) is 41.2 Å². The van der Waals surface area contributed by atoms with Crippen molar-refractivity contribution in [2.75, 3.05) is 10.7 Å². The fourth-order valence-corrected chi connectivity index (χ4v) is 5.39. The lowest BCUT2D eigenvalue weighted by atomic mass is 9.99. The summed E-state index contributed by atoms with van der Waals surface area (Å²) in [5, 5.41) is 12.1. The van der Waals surface area contributed by atoms with Crippen molar-refractivity contribution in [1.29, 1.82) is 0 Å². The molecule has 1 aliphatic rings. The standard InChI is InChI=1S/C26H28F3N5O4S/c1-4-39(37,38)20-7-5-16(6-8-20)10-31-24(36)17-9-18-13-34(22(15(2)3)21(18)30-11-17)25-32-12-19(14-35)23(33-25)26(27,28)29/h5-9,11-12,15,22,35H,4,10,13-14H2,1-3H3,(H,31,36). The predicted molar refractivity (Wildman–Crippen MR) is 136 cm³/mol. The van der Waals surface area contributed by atoms with Crippen LogP contribution in [-0.2, 0) is 35.7 Å². The van der Waals surface area contributed by atoms with Crippen LogP contribution in [0.2, 0.25) is 0 Å². The van der Waals surface area contributed by atoms with Gasteiger partial charge < -0.3 is 15.3 Å². The van der Waals surface area contributed by atoms with E-state index < -0.39 is 45.8 Å². The molecule has 4 rings (SSSR count). The Labute approximate surface area is 224 Å². The number of pyridine rings is 1. The van der Waals surface area contributed by atoms with E-state index in [1.54, 1.807) is 30.0 Å². The molecule has 9 nitrogen and oxygen atoms in total. The molecule has 0 bridgehead atoms. The summed E-state index contributed by atoms with van der Waals surface area (Å²) in [6.45, 7) is 4.84. The van der Waals surface area contributed by atoms with Crippen molar-refractivity contribution in [3.63, 3.8) is 0 Å². The monoisotopic (exact) mass is 563 g/mol. The van der Waals surface area contributed by atoms with E-state index in [9.17, 15) is 31.5 Å². The van der Waals surface area contributed by atoms with Gasteiger partial charge in [-0.15, -0.1) is 0 Å². The Hall–Kier alpha value is -3.58. The number of fused-ring (bicyclic) bond motifs is 1. The molecule has 1 atom stereocenters. The summed E-state index contributed by atoms with van der Waals surface area (Å²) in [4.78, 5) is 27.0. The van der Waals surface area contributed by atoms with Gasteiger partial charge in [0.1, 0.15) is 0 Å². The number of amides is 1. The zero-order valence-electron chi connectivity index (χ0n) is 21.5. The maximum Gasteiger partial charge on any atom is 0.433 e. The summed E-state index contributed by atoms with van der Waals surface area (Å²) in [7, 11) is -3.32. The minimum absolute atomic E-state index is 0.00685. The maximum absolute atomic E-state index is 13.5.